The van der Waals surface area contributed by atoms with E-state index in [0.29, 0.717) is 11.2 Å². The number of urea groups is 1. The Morgan fingerprint density at radius 3 is 2.59 bits per heavy atom. The molecule has 1 saturated heterocycles. The molecule has 1 aromatic heterocycles. The molecule has 0 radical (unpaired) electrons. The number of likely N-dealkylation sites (N-methyl/N-ethyl adjacent to an activating group) is 1. The molecule has 0 unspecified atom stereocenters. The lowest BCUT2D eigenvalue weighted by Crippen LogP contribution is -2.71. The summed E-state index contributed by atoms with van der Waals surface area (Å²) in [6.45, 7) is -1.29. The first-order valence-corrected chi connectivity index (χ1v) is 10.8. The molecule has 2 atom stereocenters. The Bertz CT molecular complexity index is 1230. The van der Waals surface area contributed by atoms with Gasteiger partial charge in [-0.1, -0.05) is 17.4 Å². The summed E-state index contributed by atoms with van der Waals surface area (Å²) in [5.74, 6) is -1.72. The Morgan fingerprint density at radius 1 is 1.24 bits per heavy atom. The second-order valence-electron chi connectivity index (χ2n) is 7.72. The van der Waals surface area contributed by atoms with Crippen LogP contribution in [-0.2, 0) is 10.3 Å². The number of carbonyl (C=O) groups excluding carboxylic acids is 2. The van der Waals surface area contributed by atoms with Gasteiger partial charge in [-0.3, -0.25) is 15.4 Å². The summed E-state index contributed by atoms with van der Waals surface area (Å²) in [7, 11) is 1.19. The number of nitrogens with zero attached hydrogens (tertiary/aromatic N) is 2. The van der Waals surface area contributed by atoms with Crippen LogP contribution in [0.5, 0.6) is 0 Å². The molecule has 2 aromatic carbocycles. The van der Waals surface area contributed by atoms with Crippen LogP contribution in [0, 0.1) is 5.82 Å². The number of alkyl halides is 4. The number of anilines is 2. The average Bonchev–Trinajstić information content (AvgIpc) is 3.17. The molecule has 34 heavy (non-hydrogen) atoms. The van der Waals surface area contributed by atoms with Crippen molar-refractivity contribution in [2.75, 3.05) is 30.9 Å². The van der Waals surface area contributed by atoms with E-state index < -0.39 is 47.8 Å². The minimum absolute atomic E-state index is 0.0921. The van der Waals surface area contributed by atoms with Crippen LogP contribution < -0.4 is 16.0 Å². The van der Waals surface area contributed by atoms with Gasteiger partial charge in [-0.05, 0) is 42.0 Å². The van der Waals surface area contributed by atoms with Gasteiger partial charge >= 0.3 is 12.2 Å². The second-order valence-corrected chi connectivity index (χ2v) is 8.75. The Labute approximate surface area is 194 Å². The Morgan fingerprint density at radius 2 is 1.94 bits per heavy atom. The highest BCUT2D eigenvalue weighted by Gasteiger charge is 2.65. The number of piperazine rings is 1. The monoisotopic (exact) mass is 499 g/mol. The third-order valence-electron chi connectivity index (χ3n) is 5.34. The number of amides is 3. The van der Waals surface area contributed by atoms with Crippen molar-refractivity contribution in [1.82, 2.24) is 15.2 Å². The minimum atomic E-state index is -5.05. The number of benzene rings is 2. The van der Waals surface area contributed by atoms with E-state index in [1.54, 1.807) is 0 Å². The van der Waals surface area contributed by atoms with Crippen LogP contribution in [0.4, 0.5) is 37.6 Å². The van der Waals surface area contributed by atoms with Gasteiger partial charge in [0.15, 0.2) is 5.13 Å². The standard InChI is InChI=1S/C21H18F5N5O2S/c1-31-10-14(9-22)30-20(17(31)32,21(24,25)26)11-2-7-15-16(8-11)34-19(28-15)29-18(33)27-13-5-3-12(23)4-6-13/h2-8,14,30H,9-10H2,1H3,(H2,27,28,29,33)/t14-,20-/m1/s1. The highest BCUT2D eigenvalue weighted by molar-refractivity contribution is 7.22. The second kappa shape index (κ2) is 8.80. The highest BCUT2D eigenvalue weighted by Crippen LogP contribution is 2.44. The summed E-state index contributed by atoms with van der Waals surface area (Å²) in [5.41, 5.74) is -2.92. The van der Waals surface area contributed by atoms with Gasteiger partial charge in [0, 0.05) is 19.3 Å². The SMILES string of the molecule is CN1C[C@@H](CF)N[C@@](c2ccc3nc(NC(=O)Nc4ccc(F)cc4)sc3c2)(C(F)(F)F)C1=O. The maximum absolute atomic E-state index is 14.3. The number of aromatic nitrogens is 1. The molecular weight excluding hydrogens is 481 g/mol. The molecule has 4 rings (SSSR count). The summed E-state index contributed by atoms with van der Waals surface area (Å²) in [6.07, 6.45) is -5.05. The normalized spacial score (nSPS) is 21.1. The molecule has 0 bridgehead atoms. The molecule has 3 amide bonds. The third kappa shape index (κ3) is 4.28. The molecule has 0 aliphatic carbocycles. The van der Waals surface area contributed by atoms with E-state index in [0.717, 1.165) is 40.5 Å². The lowest BCUT2D eigenvalue weighted by Gasteiger charge is -2.45. The molecule has 1 aliphatic heterocycles. The van der Waals surface area contributed by atoms with Gasteiger partial charge in [0.2, 0.25) is 5.54 Å². The van der Waals surface area contributed by atoms with Crippen LogP contribution in [0.2, 0.25) is 0 Å². The Balaban J connectivity index is 1.64. The van der Waals surface area contributed by atoms with Crippen LogP contribution in [0.15, 0.2) is 42.5 Å². The Hall–Kier alpha value is -3.32. The first-order chi connectivity index (χ1) is 16.0. The fourth-order valence-electron chi connectivity index (χ4n) is 3.78. The maximum Gasteiger partial charge on any atom is 0.419 e. The summed E-state index contributed by atoms with van der Waals surface area (Å²) in [5, 5.41) is 7.21. The van der Waals surface area contributed by atoms with Gasteiger partial charge in [-0.15, -0.1) is 0 Å². The molecule has 0 spiro atoms. The zero-order valence-corrected chi connectivity index (χ0v) is 18.4. The van der Waals surface area contributed by atoms with Crippen molar-refractivity contribution in [1.29, 1.82) is 0 Å². The number of thiazole rings is 1. The smallest absolute Gasteiger partial charge is 0.342 e. The lowest BCUT2D eigenvalue weighted by molar-refractivity contribution is -0.216. The van der Waals surface area contributed by atoms with Crippen LogP contribution in [-0.4, -0.2) is 54.3 Å². The van der Waals surface area contributed by atoms with E-state index in [2.05, 4.69) is 20.9 Å². The zero-order chi connectivity index (χ0) is 24.7. The quantitative estimate of drug-likeness (QED) is 0.469. The largest absolute Gasteiger partial charge is 0.419 e. The molecule has 180 valence electrons. The molecule has 1 aliphatic rings. The Kier molecular flexibility index (Phi) is 6.16. The predicted octanol–water partition coefficient (Wildman–Crippen LogP) is 4.24. The van der Waals surface area contributed by atoms with Crippen molar-refractivity contribution < 1.29 is 31.5 Å². The fourth-order valence-corrected chi connectivity index (χ4v) is 4.68. The number of rotatable bonds is 4. The molecule has 2 heterocycles. The van der Waals surface area contributed by atoms with E-state index in [-0.39, 0.29) is 16.4 Å². The van der Waals surface area contributed by atoms with Gasteiger partial charge in [0.1, 0.15) is 12.5 Å². The molecular formula is C21H18F5N5O2S. The van der Waals surface area contributed by atoms with Gasteiger partial charge < -0.3 is 10.2 Å². The van der Waals surface area contributed by atoms with Crippen molar-refractivity contribution in [3.63, 3.8) is 0 Å². The average molecular weight is 499 g/mol. The summed E-state index contributed by atoms with van der Waals surface area (Å²) in [6, 6.07) is 6.71. The first-order valence-electron chi connectivity index (χ1n) is 9.94. The molecule has 7 nitrogen and oxygen atoms in total. The van der Waals surface area contributed by atoms with Crippen LogP contribution in [0.25, 0.3) is 10.2 Å². The van der Waals surface area contributed by atoms with E-state index in [1.165, 1.54) is 25.2 Å². The van der Waals surface area contributed by atoms with E-state index in [9.17, 15) is 31.5 Å². The van der Waals surface area contributed by atoms with Crippen molar-refractivity contribution in [2.24, 2.45) is 0 Å². The van der Waals surface area contributed by atoms with Crippen LogP contribution in [0.1, 0.15) is 5.56 Å². The number of hydrogen-bond donors (Lipinski definition) is 3. The number of fused-ring (bicyclic) bond motifs is 1. The topological polar surface area (TPSA) is 86.4 Å². The number of nitrogens with one attached hydrogen (secondary N) is 3. The van der Waals surface area contributed by atoms with E-state index in [1.807, 2.05) is 0 Å². The number of halogens is 5. The summed E-state index contributed by atoms with van der Waals surface area (Å²) < 4.78 is 69.5. The van der Waals surface area contributed by atoms with Crippen LogP contribution >= 0.6 is 11.3 Å². The van der Waals surface area contributed by atoms with Crippen LogP contribution in [0.3, 0.4) is 0 Å². The number of hydrogen-bond acceptors (Lipinski definition) is 5. The molecule has 3 N–H and O–H groups in total. The van der Waals surface area contributed by atoms with Crippen molar-refractivity contribution in [3.05, 3.63) is 53.8 Å². The minimum Gasteiger partial charge on any atom is -0.342 e. The molecule has 3 aromatic rings. The zero-order valence-electron chi connectivity index (χ0n) is 17.5. The van der Waals surface area contributed by atoms with E-state index >= 15 is 0 Å². The maximum atomic E-state index is 14.3. The summed E-state index contributed by atoms with van der Waals surface area (Å²) in [4.78, 5) is 30.0. The summed E-state index contributed by atoms with van der Waals surface area (Å²) >= 11 is 0.898. The predicted molar refractivity (Wildman–Crippen MR) is 117 cm³/mol. The van der Waals surface area contributed by atoms with Crippen molar-refractivity contribution in [2.45, 2.75) is 17.8 Å². The molecule has 13 heteroatoms. The highest BCUT2D eigenvalue weighted by atomic mass is 32.1. The van der Waals surface area contributed by atoms with Gasteiger partial charge in [0.25, 0.3) is 5.91 Å². The number of carbonyl (C=O) groups is 2. The first kappa shape index (κ1) is 23.8. The third-order valence-corrected chi connectivity index (χ3v) is 6.27. The van der Waals surface area contributed by atoms with Gasteiger partial charge in [-0.2, -0.15) is 13.2 Å². The molecule has 0 saturated carbocycles. The fraction of sp³-hybridized carbons (Fsp3) is 0.286. The van der Waals surface area contributed by atoms with Gasteiger partial charge in [-0.25, -0.2) is 18.6 Å². The molecule has 1 fully saturated rings. The van der Waals surface area contributed by atoms with Crippen molar-refractivity contribution >= 4 is 44.3 Å². The lowest BCUT2D eigenvalue weighted by atomic mass is 9.84. The van der Waals surface area contributed by atoms with Crippen molar-refractivity contribution in [3.8, 4) is 0 Å². The van der Waals surface area contributed by atoms with E-state index in [4.69, 9.17) is 0 Å². The van der Waals surface area contributed by atoms with Gasteiger partial charge in [0.05, 0.1) is 16.3 Å².